The molecule has 0 radical (unpaired) electrons. The molecule has 1 aromatic heterocycles. The number of benzene rings is 1. The molecule has 33 heavy (non-hydrogen) atoms. The number of sulfonamides is 1. The average molecular weight is 476 g/mol. The molecule has 0 atom stereocenters. The van der Waals surface area contributed by atoms with Gasteiger partial charge in [0.2, 0.25) is 16.0 Å². The number of hydrogen-bond acceptors (Lipinski definition) is 8. The number of nitrogens with zero attached hydrogens (tertiary/aromatic N) is 4. The second-order valence-corrected chi connectivity index (χ2v) is 10.8. The predicted octanol–water partition coefficient (Wildman–Crippen LogP) is 0.837. The van der Waals surface area contributed by atoms with Crippen LogP contribution >= 0.6 is 0 Å². The highest BCUT2D eigenvalue weighted by atomic mass is 32.2. The van der Waals surface area contributed by atoms with Gasteiger partial charge < -0.3 is 19.7 Å². The number of aromatic nitrogens is 2. The van der Waals surface area contributed by atoms with E-state index in [1.54, 1.807) is 24.5 Å². The van der Waals surface area contributed by atoms with Gasteiger partial charge in [0.15, 0.2) is 18.1 Å². The second kappa shape index (κ2) is 9.52. The Bertz CT molecular complexity index is 1090. The highest BCUT2D eigenvalue weighted by Crippen LogP contribution is 2.41. The van der Waals surface area contributed by atoms with Gasteiger partial charge in [-0.3, -0.25) is 4.79 Å². The first kappa shape index (κ1) is 23.2. The van der Waals surface area contributed by atoms with E-state index in [0.717, 1.165) is 12.0 Å². The lowest BCUT2D eigenvalue weighted by molar-refractivity contribution is -0.122. The molecule has 1 N–H and O–H groups in total. The van der Waals surface area contributed by atoms with E-state index in [4.69, 9.17) is 9.47 Å². The van der Waals surface area contributed by atoms with Crippen molar-refractivity contribution in [1.29, 1.82) is 0 Å². The minimum absolute atomic E-state index is 0.0168. The van der Waals surface area contributed by atoms with E-state index in [1.807, 2.05) is 30.9 Å². The van der Waals surface area contributed by atoms with Crippen LogP contribution in [0.4, 0.5) is 5.95 Å². The lowest BCUT2D eigenvalue weighted by atomic mass is 10.0. The summed E-state index contributed by atoms with van der Waals surface area (Å²) in [6, 6.07) is 7.35. The van der Waals surface area contributed by atoms with Crippen molar-refractivity contribution in [1.82, 2.24) is 19.6 Å². The highest BCUT2D eigenvalue weighted by Gasteiger charge is 2.32. The number of rotatable bonds is 8. The maximum Gasteiger partial charge on any atom is 0.257 e. The van der Waals surface area contributed by atoms with Crippen LogP contribution in [-0.2, 0) is 21.2 Å². The van der Waals surface area contributed by atoms with Crippen LogP contribution in [0, 0.1) is 0 Å². The molecule has 10 nitrogen and oxygen atoms in total. The molecule has 2 aromatic rings. The molecule has 1 saturated heterocycles. The van der Waals surface area contributed by atoms with Crippen molar-refractivity contribution in [3.05, 3.63) is 42.2 Å². The first-order chi connectivity index (χ1) is 15.7. The summed E-state index contributed by atoms with van der Waals surface area (Å²) in [5.41, 5.74) is 0.737. The summed E-state index contributed by atoms with van der Waals surface area (Å²) in [7, 11) is -3.48. The highest BCUT2D eigenvalue weighted by molar-refractivity contribution is 7.89. The third-order valence-corrected chi connectivity index (χ3v) is 7.43. The van der Waals surface area contributed by atoms with E-state index >= 15 is 0 Å². The first-order valence-electron chi connectivity index (χ1n) is 10.9. The van der Waals surface area contributed by atoms with Gasteiger partial charge >= 0.3 is 0 Å². The Morgan fingerprint density at radius 3 is 2.61 bits per heavy atom. The molecule has 1 amide bonds. The molecule has 0 saturated carbocycles. The molecule has 0 bridgehead atoms. The number of carbonyl (C=O) groups excluding carboxylic acids is 1. The minimum atomic E-state index is -3.48. The summed E-state index contributed by atoms with van der Waals surface area (Å²) in [5, 5.41) is 2.63. The van der Waals surface area contributed by atoms with E-state index < -0.39 is 10.0 Å². The summed E-state index contributed by atoms with van der Waals surface area (Å²) in [6.45, 7) is 5.55. The van der Waals surface area contributed by atoms with Crippen molar-refractivity contribution in [3.63, 3.8) is 0 Å². The summed E-state index contributed by atoms with van der Waals surface area (Å²) in [6.07, 6.45) is 4.10. The van der Waals surface area contributed by atoms with Gasteiger partial charge in [0, 0.05) is 57.1 Å². The Kier molecular flexibility index (Phi) is 6.71. The molecule has 2 aliphatic heterocycles. The summed E-state index contributed by atoms with van der Waals surface area (Å²) in [4.78, 5) is 22.6. The smallest absolute Gasteiger partial charge is 0.257 e. The van der Waals surface area contributed by atoms with Gasteiger partial charge in [-0.15, -0.1) is 0 Å². The van der Waals surface area contributed by atoms with Gasteiger partial charge in [-0.25, -0.2) is 18.4 Å². The van der Waals surface area contributed by atoms with E-state index in [2.05, 4.69) is 15.3 Å². The number of nitrogens with one attached hydrogen (secondary N) is 1. The minimum Gasteiger partial charge on any atom is -0.483 e. The molecule has 1 fully saturated rings. The van der Waals surface area contributed by atoms with Gasteiger partial charge in [-0.2, -0.15) is 4.31 Å². The number of hydrogen-bond donors (Lipinski definition) is 1. The van der Waals surface area contributed by atoms with Gasteiger partial charge in [0.1, 0.15) is 5.60 Å². The summed E-state index contributed by atoms with van der Waals surface area (Å²) in [5.74, 6) is 1.23. The van der Waals surface area contributed by atoms with Crippen LogP contribution in [0.1, 0.15) is 19.4 Å². The third-order valence-electron chi connectivity index (χ3n) is 5.56. The van der Waals surface area contributed by atoms with Crippen molar-refractivity contribution in [2.24, 2.45) is 0 Å². The van der Waals surface area contributed by atoms with Gasteiger partial charge in [-0.1, -0.05) is 12.1 Å². The number of fused-ring (bicyclic) bond motifs is 1. The Morgan fingerprint density at radius 1 is 1.15 bits per heavy atom. The van der Waals surface area contributed by atoms with E-state index in [-0.39, 0.29) is 30.4 Å². The lowest BCUT2D eigenvalue weighted by Gasteiger charge is -2.33. The van der Waals surface area contributed by atoms with Crippen LogP contribution in [0.5, 0.6) is 11.5 Å². The quantitative estimate of drug-likeness (QED) is 0.597. The molecule has 2 aliphatic rings. The maximum atomic E-state index is 12.7. The molecule has 0 aliphatic carbocycles. The van der Waals surface area contributed by atoms with E-state index in [9.17, 15) is 13.2 Å². The molecule has 4 rings (SSSR count). The fraction of sp³-hybridized carbons (Fsp3) is 0.500. The molecular formula is C22H29N5O5S. The van der Waals surface area contributed by atoms with Crippen molar-refractivity contribution in [3.8, 4) is 11.5 Å². The summed E-state index contributed by atoms with van der Waals surface area (Å²) >= 11 is 0. The number of ether oxygens (including phenoxy) is 2. The van der Waals surface area contributed by atoms with Crippen molar-refractivity contribution < 1.29 is 22.7 Å². The van der Waals surface area contributed by atoms with Crippen LogP contribution < -0.4 is 19.7 Å². The van der Waals surface area contributed by atoms with Crippen molar-refractivity contribution in [2.75, 3.05) is 50.0 Å². The van der Waals surface area contributed by atoms with Crippen LogP contribution in [0.2, 0.25) is 0 Å². The molecule has 3 heterocycles. The molecule has 1 aromatic carbocycles. The number of para-hydroxylation sites is 1. The second-order valence-electron chi connectivity index (χ2n) is 8.67. The lowest BCUT2D eigenvalue weighted by Crippen LogP contribution is -2.50. The first-order valence-corrected chi connectivity index (χ1v) is 12.5. The van der Waals surface area contributed by atoms with Crippen molar-refractivity contribution in [2.45, 2.75) is 25.9 Å². The van der Waals surface area contributed by atoms with Crippen LogP contribution in [-0.4, -0.2) is 79.3 Å². The predicted molar refractivity (Wildman–Crippen MR) is 123 cm³/mol. The average Bonchev–Trinajstić information content (AvgIpc) is 3.12. The number of carbonyl (C=O) groups is 1. The zero-order chi connectivity index (χ0) is 23.5. The fourth-order valence-electron chi connectivity index (χ4n) is 3.96. The molecular weight excluding hydrogens is 446 g/mol. The normalized spacial score (nSPS) is 17.8. The van der Waals surface area contributed by atoms with Crippen LogP contribution in [0.3, 0.4) is 0 Å². The zero-order valence-corrected chi connectivity index (χ0v) is 19.7. The van der Waals surface area contributed by atoms with Crippen LogP contribution in [0.25, 0.3) is 0 Å². The molecule has 178 valence electrons. The Morgan fingerprint density at radius 2 is 1.88 bits per heavy atom. The number of anilines is 1. The Balaban J connectivity index is 1.21. The van der Waals surface area contributed by atoms with Gasteiger partial charge in [-0.05, 0) is 26.0 Å². The number of amides is 1. The monoisotopic (exact) mass is 475 g/mol. The Labute approximate surface area is 194 Å². The van der Waals surface area contributed by atoms with Crippen molar-refractivity contribution >= 4 is 21.9 Å². The molecule has 0 unspecified atom stereocenters. The zero-order valence-electron chi connectivity index (χ0n) is 18.9. The third kappa shape index (κ3) is 5.72. The topological polar surface area (TPSA) is 114 Å². The van der Waals surface area contributed by atoms with Gasteiger partial charge in [0.25, 0.3) is 5.91 Å². The SMILES string of the molecule is CC1(C)Cc2cccc(OCC(=O)NCCS(=O)(=O)N3CCN(c4ncccn4)CC3)c2O1. The Hall–Kier alpha value is -2.92. The van der Waals surface area contributed by atoms with E-state index in [1.165, 1.54) is 4.31 Å². The van der Waals surface area contributed by atoms with Crippen LogP contribution in [0.15, 0.2) is 36.7 Å². The largest absolute Gasteiger partial charge is 0.483 e. The van der Waals surface area contributed by atoms with E-state index in [0.29, 0.717) is 43.6 Å². The molecule has 11 heteroatoms. The fourth-order valence-corrected chi connectivity index (χ4v) is 5.30. The summed E-state index contributed by atoms with van der Waals surface area (Å²) < 4.78 is 38.3. The van der Waals surface area contributed by atoms with Gasteiger partial charge in [0.05, 0.1) is 5.75 Å². The maximum absolute atomic E-state index is 12.7. The standard InChI is InChI=1S/C22H29N5O5S/c1-22(2)15-17-5-3-6-18(20(17)32-22)31-16-19(28)23-9-14-33(29,30)27-12-10-26(11-13-27)21-24-7-4-8-25-21/h3-8H,9-16H2,1-2H3,(H,23,28). The molecule has 0 spiro atoms. The number of piperazine rings is 1.